The Bertz CT molecular complexity index is 3000. The summed E-state index contributed by atoms with van der Waals surface area (Å²) in [4.78, 5) is 0. The minimum atomic E-state index is 0.664. The topological polar surface area (TPSA) is 0 Å². The predicted molar refractivity (Wildman–Crippen MR) is 212 cm³/mol. The minimum Gasteiger partial charge on any atom is -0.135 e. The summed E-state index contributed by atoms with van der Waals surface area (Å²) < 4.78 is 2.69. The van der Waals surface area contributed by atoms with E-state index in [1.807, 2.05) is 11.3 Å². The fraction of sp³-hybridized carbons (Fsp3) is 0.0833. The average molecular weight is 639 g/mol. The lowest BCUT2D eigenvalue weighted by molar-refractivity contribution is 0.358. The standard InChI is InChI=1S/C48H30S/c1-2-10-28-25-44-41(23-27(28)9-1)35-20-19-30(26-43(35)49-44)45-36-12-3-5-14-38(36)47(39-15-6-4-13-37(39)45)42-24-29-11-7-16-33-31-21-32(22-31)34-17-8-18-40(42)48(34)46(29)33/h1-20,23-26,31-32H,21-22H2. The highest BCUT2D eigenvalue weighted by Gasteiger charge is 2.37. The molecule has 0 atom stereocenters. The third-order valence-electron chi connectivity index (χ3n) is 11.9. The molecular weight excluding hydrogens is 609 g/mol. The molecule has 0 spiro atoms. The van der Waals surface area contributed by atoms with E-state index >= 15 is 0 Å². The molecular formula is C48H30S. The molecule has 49 heavy (non-hydrogen) atoms. The second-order valence-corrected chi connectivity index (χ2v) is 15.4. The van der Waals surface area contributed by atoms with Crippen molar-refractivity contribution in [2.75, 3.05) is 0 Å². The van der Waals surface area contributed by atoms with Crippen LogP contribution in [0.3, 0.4) is 0 Å². The molecule has 1 saturated carbocycles. The van der Waals surface area contributed by atoms with Crippen molar-refractivity contribution >= 4 is 85.4 Å². The maximum Gasteiger partial charge on any atom is 0.0361 e. The van der Waals surface area contributed by atoms with E-state index in [4.69, 9.17) is 0 Å². The zero-order valence-electron chi connectivity index (χ0n) is 26.8. The SMILES string of the molecule is c1ccc2cc3c(cc2c1)sc1cc(-c2c4ccccc4c(-c4cc5cccc6c5c5c(cccc45)C4CC6C4)c4ccccc24)ccc13. The summed E-state index contributed by atoms with van der Waals surface area (Å²) >= 11 is 1.91. The quantitative estimate of drug-likeness (QED) is 0.131. The molecule has 0 amide bonds. The van der Waals surface area contributed by atoms with Gasteiger partial charge >= 0.3 is 0 Å². The molecule has 1 heterocycles. The molecule has 10 aromatic rings. The molecule has 0 N–H and O–H groups in total. The Hall–Kier alpha value is -5.50. The Balaban J connectivity index is 1.17. The van der Waals surface area contributed by atoms with Crippen molar-refractivity contribution in [3.63, 3.8) is 0 Å². The van der Waals surface area contributed by atoms with Crippen LogP contribution in [0.2, 0.25) is 0 Å². The molecule has 0 nitrogen and oxygen atoms in total. The predicted octanol–water partition coefficient (Wildman–Crippen LogP) is 14.1. The zero-order valence-corrected chi connectivity index (χ0v) is 27.7. The van der Waals surface area contributed by atoms with Gasteiger partial charge in [0.05, 0.1) is 0 Å². The van der Waals surface area contributed by atoms with E-state index in [1.54, 1.807) is 11.1 Å². The number of fused-ring (bicyclic) bond motifs is 6. The van der Waals surface area contributed by atoms with Crippen molar-refractivity contribution in [2.45, 2.75) is 24.7 Å². The second-order valence-electron chi connectivity index (χ2n) is 14.4. The molecule has 2 bridgehead atoms. The van der Waals surface area contributed by atoms with Gasteiger partial charge in [0, 0.05) is 20.2 Å². The van der Waals surface area contributed by atoms with Gasteiger partial charge in [-0.15, -0.1) is 11.3 Å². The van der Waals surface area contributed by atoms with E-state index in [-0.39, 0.29) is 0 Å². The number of hydrogen-bond donors (Lipinski definition) is 0. The Morgan fingerprint density at radius 1 is 0.388 bits per heavy atom. The first kappa shape index (κ1) is 26.5. The van der Waals surface area contributed by atoms with Crippen molar-refractivity contribution in [1.82, 2.24) is 0 Å². The van der Waals surface area contributed by atoms with Crippen LogP contribution < -0.4 is 0 Å². The number of thiophene rings is 1. The second kappa shape index (κ2) is 9.56. The van der Waals surface area contributed by atoms with Gasteiger partial charge in [0.2, 0.25) is 0 Å². The van der Waals surface area contributed by atoms with Crippen LogP contribution in [0.15, 0.2) is 146 Å². The summed E-state index contributed by atoms with van der Waals surface area (Å²) in [7, 11) is 0. The van der Waals surface area contributed by atoms with Gasteiger partial charge in [-0.1, -0.05) is 121 Å². The lowest BCUT2D eigenvalue weighted by Gasteiger charge is -2.34. The maximum atomic E-state index is 2.51. The van der Waals surface area contributed by atoms with Crippen molar-refractivity contribution in [1.29, 1.82) is 0 Å². The number of benzene rings is 9. The van der Waals surface area contributed by atoms with Gasteiger partial charge in [-0.25, -0.2) is 0 Å². The number of rotatable bonds is 2. The van der Waals surface area contributed by atoms with E-state index in [0.29, 0.717) is 11.8 Å². The van der Waals surface area contributed by atoms with Crippen LogP contribution in [0.5, 0.6) is 0 Å². The molecule has 0 unspecified atom stereocenters. The molecule has 228 valence electrons. The first-order chi connectivity index (χ1) is 24.3. The summed E-state index contributed by atoms with van der Waals surface area (Å²) in [6.45, 7) is 0. The van der Waals surface area contributed by atoms with Crippen LogP contribution >= 0.6 is 11.3 Å². The first-order valence-corrected chi connectivity index (χ1v) is 18.4. The third-order valence-corrected chi connectivity index (χ3v) is 13.0. The fourth-order valence-corrected chi connectivity index (χ4v) is 10.8. The molecule has 9 aromatic carbocycles. The molecule has 0 radical (unpaired) electrons. The summed E-state index contributed by atoms with van der Waals surface area (Å²) in [5.74, 6) is 1.35. The molecule has 1 aromatic heterocycles. The van der Waals surface area contributed by atoms with Gasteiger partial charge in [-0.3, -0.25) is 0 Å². The monoisotopic (exact) mass is 638 g/mol. The van der Waals surface area contributed by atoms with Crippen LogP contribution in [0.25, 0.3) is 96.3 Å². The van der Waals surface area contributed by atoms with Gasteiger partial charge < -0.3 is 0 Å². The van der Waals surface area contributed by atoms with Crippen molar-refractivity contribution < 1.29 is 0 Å². The summed E-state index contributed by atoms with van der Waals surface area (Å²) in [5, 5.41) is 16.3. The fourth-order valence-electron chi connectivity index (χ4n) is 9.66. The summed E-state index contributed by atoms with van der Waals surface area (Å²) in [6.07, 6.45) is 2.56. The average Bonchev–Trinajstić information content (AvgIpc) is 3.32. The molecule has 3 aliphatic rings. The maximum absolute atomic E-state index is 2.51. The van der Waals surface area contributed by atoms with Crippen molar-refractivity contribution in [3.8, 4) is 22.3 Å². The third kappa shape index (κ3) is 3.53. The normalized spacial score (nSPS) is 16.8. The molecule has 13 rings (SSSR count). The van der Waals surface area contributed by atoms with Crippen molar-refractivity contribution in [3.05, 3.63) is 157 Å². The minimum absolute atomic E-state index is 0.664. The Kier molecular flexibility index (Phi) is 5.16. The van der Waals surface area contributed by atoms with E-state index < -0.39 is 0 Å². The molecule has 1 fully saturated rings. The van der Waals surface area contributed by atoms with Crippen LogP contribution in [0.1, 0.15) is 35.8 Å². The number of hydrogen-bond acceptors (Lipinski definition) is 1. The Labute approximate surface area is 287 Å². The molecule has 0 aliphatic heterocycles. The van der Waals surface area contributed by atoms with Crippen molar-refractivity contribution in [2.24, 2.45) is 0 Å². The lowest BCUT2D eigenvalue weighted by Crippen LogP contribution is -2.18. The summed E-state index contributed by atoms with van der Waals surface area (Å²) in [5.41, 5.74) is 8.43. The smallest absolute Gasteiger partial charge is 0.0361 e. The van der Waals surface area contributed by atoms with Gasteiger partial charge in [-0.2, -0.15) is 0 Å². The van der Waals surface area contributed by atoms with Crippen LogP contribution in [-0.4, -0.2) is 0 Å². The van der Waals surface area contributed by atoms with E-state index in [2.05, 4.69) is 146 Å². The largest absolute Gasteiger partial charge is 0.135 e. The van der Waals surface area contributed by atoms with E-state index in [1.165, 1.54) is 109 Å². The Morgan fingerprint density at radius 2 is 0.959 bits per heavy atom. The van der Waals surface area contributed by atoms with Gasteiger partial charge in [0.1, 0.15) is 0 Å². The highest BCUT2D eigenvalue weighted by atomic mass is 32.1. The van der Waals surface area contributed by atoms with Gasteiger partial charge in [0.15, 0.2) is 0 Å². The summed E-state index contributed by atoms with van der Waals surface area (Å²) in [6, 6.07) is 55.6. The van der Waals surface area contributed by atoms with E-state index in [0.717, 1.165) is 0 Å². The Morgan fingerprint density at radius 3 is 1.69 bits per heavy atom. The van der Waals surface area contributed by atoms with Crippen LogP contribution in [0, 0.1) is 0 Å². The molecule has 3 aliphatic carbocycles. The zero-order chi connectivity index (χ0) is 31.8. The molecule has 0 saturated heterocycles. The van der Waals surface area contributed by atoms with E-state index in [9.17, 15) is 0 Å². The molecule has 1 heteroatoms. The highest BCUT2D eigenvalue weighted by Crippen LogP contribution is 2.57. The highest BCUT2D eigenvalue weighted by molar-refractivity contribution is 7.25. The first-order valence-electron chi connectivity index (χ1n) is 17.6. The van der Waals surface area contributed by atoms with Crippen LogP contribution in [0.4, 0.5) is 0 Å². The van der Waals surface area contributed by atoms with Gasteiger partial charge in [0.25, 0.3) is 0 Å². The van der Waals surface area contributed by atoms with Gasteiger partial charge in [-0.05, 0) is 136 Å². The lowest BCUT2D eigenvalue weighted by atomic mass is 9.70. The van der Waals surface area contributed by atoms with Crippen LogP contribution in [-0.2, 0) is 0 Å².